The first-order valence-corrected chi connectivity index (χ1v) is 8.06. The molecule has 1 heterocycles. The first-order valence-electron chi connectivity index (χ1n) is 7.18. The number of anilines is 1. The summed E-state index contributed by atoms with van der Waals surface area (Å²) in [6.07, 6.45) is 0. The van der Waals surface area contributed by atoms with Crippen molar-refractivity contribution in [2.45, 2.75) is 6.54 Å². The van der Waals surface area contributed by atoms with Gasteiger partial charge < -0.3 is 20.8 Å². The fraction of sp³-hybridized carbons (Fsp3) is 0.0588. The molecule has 2 amide bonds. The Morgan fingerprint density at radius 3 is 2.62 bits per heavy atom. The number of para-hydroxylation sites is 1. The molecule has 0 atom stereocenters. The van der Waals surface area contributed by atoms with Crippen molar-refractivity contribution in [1.82, 2.24) is 10.3 Å². The van der Waals surface area contributed by atoms with Gasteiger partial charge in [-0.05, 0) is 30.3 Å². The summed E-state index contributed by atoms with van der Waals surface area (Å²) < 4.78 is 0. The maximum absolute atomic E-state index is 11.8. The number of nitrogens with zero attached hydrogens (tertiary/aromatic N) is 1. The predicted molar refractivity (Wildman–Crippen MR) is 93.2 cm³/mol. The van der Waals surface area contributed by atoms with E-state index in [4.69, 9.17) is 0 Å². The molecular formula is C17H15N3O3S. The summed E-state index contributed by atoms with van der Waals surface area (Å²) in [5, 5.41) is 26.9. The number of hydrogen-bond donors (Lipinski definition) is 4. The molecule has 122 valence electrons. The molecular weight excluding hydrogens is 326 g/mol. The van der Waals surface area contributed by atoms with Crippen LogP contribution in [0, 0.1) is 0 Å². The highest BCUT2D eigenvalue weighted by molar-refractivity contribution is 7.09. The highest BCUT2D eigenvalue weighted by atomic mass is 32.1. The number of aromatic hydroxyl groups is 2. The standard InChI is InChI=1S/C17H15N3O3S/c21-14-7-6-11(8-15(14)22)13-10-24-16(20-13)9-18-17(23)19-12-4-2-1-3-5-12/h1-8,10,21-22H,9H2,(H2,18,19,23). The number of carbonyl (C=O) groups excluding carboxylic acids is 1. The molecule has 0 fully saturated rings. The number of benzene rings is 2. The minimum absolute atomic E-state index is 0.173. The molecule has 3 rings (SSSR count). The lowest BCUT2D eigenvalue weighted by Gasteiger charge is -2.05. The Balaban J connectivity index is 1.60. The van der Waals surface area contributed by atoms with E-state index in [1.807, 2.05) is 23.6 Å². The van der Waals surface area contributed by atoms with Crippen LogP contribution in [0.5, 0.6) is 11.5 Å². The van der Waals surface area contributed by atoms with Gasteiger partial charge in [-0.25, -0.2) is 9.78 Å². The van der Waals surface area contributed by atoms with Crippen molar-refractivity contribution in [3.8, 4) is 22.8 Å². The molecule has 2 aromatic carbocycles. The molecule has 0 radical (unpaired) electrons. The topological polar surface area (TPSA) is 94.5 Å². The van der Waals surface area contributed by atoms with Crippen LogP contribution in [0.1, 0.15) is 5.01 Å². The SMILES string of the molecule is O=C(NCc1nc(-c2ccc(O)c(O)c2)cs1)Nc1ccccc1. The van der Waals surface area contributed by atoms with Gasteiger partial charge >= 0.3 is 6.03 Å². The first kappa shape index (κ1) is 15.8. The number of urea groups is 1. The van der Waals surface area contributed by atoms with Crippen LogP contribution in [-0.2, 0) is 6.54 Å². The van der Waals surface area contributed by atoms with Gasteiger partial charge in [-0.3, -0.25) is 0 Å². The van der Waals surface area contributed by atoms with E-state index in [1.165, 1.54) is 23.5 Å². The lowest BCUT2D eigenvalue weighted by atomic mass is 10.1. The summed E-state index contributed by atoms with van der Waals surface area (Å²) in [6.45, 7) is 0.299. The van der Waals surface area contributed by atoms with Crippen LogP contribution in [-0.4, -0.2) is 21.2 Å². The number of nitrogens with one attached hydrogen (secondary N) is 2. The summed E-state index contributed by atoms with van der Waals surface area (Å²) in [6, 6.07) is 13.4. The van der Waals surface area contributed by atoms with Gasteiger partial charge in [0.2, 0.25) is 0 Å². The third-order valence-electron chi connectivity index (χ3n) is 3.25. The van der Waals surface area contributed by atoms with Crippen LogP contribution in [0.15, 0.2) is 53.9 Å². The van der Waals surface area contributed by atoms with Crippen molar-refractivity contribution in [3.63, 3.8) is 0 Å². The van der Waals surface area contributed by atoms with E-state index in [9.17, 15) is 15.0 Å². The summed E-state index contributed by atoms with van der Waals surface area (Å²) in [5.74, 6) is -0.365. The summed E-state index contributed by atoms with van der Waals surface area (Å²) >= 11 is 1.40. The smallest absolute Gasteiger partial charge is 0.319 e. The molecule has 4 N–H and O–H groups in total. The van der Waals surface area contributed by atoms with E-state index < -0.39 is 0 Å². The predicted octanol–water partition coefficient (Wildman–Crippen LogP) is 3.54. The van der Waals surface area contributed by atoms with Crippen LogP contribution in [0.3, 0.4) is 0 Å². The number of carbonyl (C=O) groups is 1. The van der Waals surface area contributed by atoms with E-state index in [0.29, 0.717) is 17.8 Å². The Hall–Kier alpha value is -3.06. The summed E-state index contributed by atoms with van der Waals surface area (Å²) in [4.78, 5) is 16.3. The minimum atomic E-state index is -0.305. The maximum atomic E-state index is 11.8. The van der Waals surface area contributed by atoms with Gasteiger partial charge in [-0.1, -0.05) is 18.2 Å². The number of rotatable bonds is 4. The van der Waals surface area contributed by atoms with Crippen molar-refractivity contribution < 1.29 is 15.0 Å². The van der Waals surface area contributed by atoms with Crippen LogP contribution in [0.2, 0.25) is 0 Å². The molecule has 1 aromatic heterocycles. The van der Waals surface area contributed by atoms with E-state index in [2.05, 4.69) is 15.6 Å². The number of thiazole rings is 1. The maximum Gasteiger partial charge on any atom is 0.319 e. The second-order valence-electron chi connectivity index (χ2n) is 5.00. The molecule has 0 spiro atoms. The Morgan fingerprint density at radius 1 is 1.08 bits per heavy atom. The summed E-state index contributed by atoms with van der Waals surface area (Å²) in [7, 11) is 0. The van der Waals surface area contributed by atoms with Crippen LogP contribution >= 0.6 is 11.3 Å². The van der Waals surface area contributed by atoms with E-state index in [1.54, 1.807) is 18.2 Å². The van der Waals surface area contributed by atoms with Crippen LogP contribution < -0.4 is 10.6 Å². The number of hydrogen-bond acceptors (Lipinski definition) is 5. The normalized spacial score (nSPS) is 10.3. The van der Waals surface area contributed by atoms with Gasteiger partial charge in [0.05, 0.1) is 12.2 Å². The zero-order valence-electron chi connectivity index (χ0n) is 12.6. The van der Waals surface area contributed by atoms with Gasteiger partial charge in [-0.15, -0.1) is 11.3 Å². The number of amides is 2. The second kappa shape index (κ2) is 7.01. The Labute approximate surface area is 142 Å². The molecule has 0 saturated heterocycles. The largest absolute Gasteiger partial charge is 0.504 e. The van der Waals surface area contributed by atoms with Gasteiger partial charge in [0.15, 0.2) is 11.5 Å². The van der Waals surface area contributed by atoms with Gasteiger partial charge in [0.1, 0.15) is 5.01 Å². The Morgan fingerprint density at radius 2 is 1.88 bits per heavy atom. The number of phenols is 2. The molecule has 0 bridgehead atoms. The third-order valence-corrected chi connectivity index (χ3v) is 4.10. The fourth-order valence-corrected chi connectivity index (χ4v) is 2.80. The average Bonchev–Trinajstić information content (AvgIpc) is 3.05. The second-order valence-corrected chi connectivity index (χ2v) is 5.95. The highest BCUT2D eigenvalue weighted by Crippen LogP contribution is 2.30. The van der Waals surface area contributed by atoms with Crippen LogP contribution in [0.4, 0.5) is 10.5 Å². The molecule has 3 aromatic rings. The number of phenolic OH excluding ortho intramolecular Hbond substituents is 2. The lowest BCUT2D eigenvalue weighted by molar-refractivity contribution is 0.251. The monoisotopic (exact) mass is 341 g/mol. The van der Waals surface area contributed by atoms with Crippen molar-refractivity contribution >= 4 is 23.1 Å². The van der Waals surface area contributed by atoms with Crippen molar-refractivity contribution in [2.75, 3.05) is 5.32 Å². The van der Waals surface area contributed by atoms with Gasteiger partial charge in [-0.2, -0.15) is 0 Å². The number of aromatic nitrogens is 1. The van der Waals surface area contributed by atoms with Gasteiger partial charge in [0, 0.05) is 16.6 Å². The molecule has 0 aliphatic heterocycles. The molecule has 7 heteroatoms. The molecule has 6 nitrogen and oxygen atoms in total. The van der Waals surface area contributed by atoms with Crippen molar-refractivity contribution in [3.05, 3.63) is 58.9 Å². The van der Waals surface area contributed by atoms with Gasteiger partial charge in [0.25, 0.3) is 0 Å². The zero-order valence-corrected chi connectivity index (χ0v) is 13.4. The Kier molecular flexibility index (Phi) is 4.62. The highest BCUT2D eigenvalue weighted by Gasteiger charge is 2.08. The fourth-order valence-electron chi connectivity index (χ4n) is 2.06. The van der Waals surface area contributed by atoms with Crippen LogP contribution in [0.25, 0.3) is 11.3 Å². The Bertz CT molecular complexity index is 849. The zero-order chi connectivity index (χ0) is 16.9. The molecule has 0 aliphatic carbocycles. The molecule has 0 aliphatic rings. The van der Waals surface area contributed by atoms with E-state index >= 15 is 0 Å². The molecule has 0 saturated carbocycles. The minimum Gasteiger partial charge on any atom is -0.504 e. The van der Waals surface area contributed by atoms with Crippen molar-refractivity contribution in [2.24, 2.45) is 0 Å². The lowest BCUT2D eigenvalue weighted by Crippen LogP contribution is -2.28. The average molecular weight is 341 g/mol. The first-order chi connectivity index (χ1) is 11.6. The molecule has 24 heavy (non-hydrogen) atoms. The van der Waals surface area contributed by atoms with Crippen molar-refractivity contribution in [1.29, 1.82) is 0 Å². The van der Waals surface area contributed by atoms with E-state index in [-0.39, 0.29) is 17.5 Å². The molecule has 0 unspecified atom stereocenters. The third kappa shape index (κ3) is 3.82. The summed E-state index contributed by atoms with van der Waals surface area (Å²) in [5.41, 5.74) is 2.09. The van der Waals surface area contributed by atoms with E-state index in [0.717, 1.165) is 10.7 Å². The quantitative estimate of drug-likeness (QED) is 0.546.